The second kappa shape index (κ2) is 10.7. The molecule has 0 radical (unpaired) electrons. The Balaban J connectivity index is 1.41. The zero-order chi connectivity index (χ0) is 27.7. The van der Waals surface area contributed by atoms with Gasteiger partial charge in [0.25, 0.3) is 5.56 Å². The van der Waals surface area contributed by atoms with Crippen LogP contribution < -0.4 is 16.0 Å². The molecule has 6 rings (SSSR count). The van der Waals surface area contributed by atoms with Gasteiger partial charge in [-0.15, -0.1) is 0 Å². The lowest BCUT2D eigenvalue weighted by Crippen LogP contribution is -2.38. The van der Waals surface area contributed by atoms with E-state index < -0.39 is 29.2 Å². The summed E-state index contributed by atoms with van der Waals surface area (Å²) in [6, 6.07) is 29.3. The van der Waals surface area contributed by atoms with E-state index in [1.807, 2.05) is 84.9 Å². The van der Waals surface area contributed by atoms with Crippen LogP contribution in [-0.2, 0) is 19.8 Å². The Hall–Kier alpha value is -4.24. The van der Waals surface area contributed by atoms with Crippen molar-refractivity contribution in [2.45, 2.75) is 24.0 Å². The highest BCUT2D eigenvalue weighted by molar-refractivity contribution is 5.48. The third kappa shape index (κ3) is 4.50. The number of fused-ring (bicyclic) bond motifs is 1. The fourth-order valence-corrected chi connectivity index (χ4v) is 5.81. The minimum Gasteiger partial charge on any atom is -0.497 e. The molecule has 3 heterocycles. The summed E-state index contributed by atoms with van der Waals surface area (Å²) in [4.78, 5) is 26.7. The van der Waals surface area contributed by atoms with Gasteiger partial charge in [0, 0.05) is 12.3 Å². The lowest BCUT2D eigenvalue weighted by molar-refractivity contribution is -0.103. The minimum atomic E-state index is -0.976. The Kier molecular flexibility index (Phi) is 6.98. The molecular formula is C32H30N2O6. The van der Waals surface area contributed by atoms with Crippen LogP contribution in [0, 0.1) is 5.92 Å². The number of aromatic amines is 1. The number of ether oxygens (including phenoxy) is 4. The number of hydrogen-bond acceptors (Lipinski definition) is 6. The van der Waals surface area contributed by atoms with E-state index in [9.17, 15) is 9.59 Å². The van der Waals surface area contributed by atoms with Gasteiger partial charge in [0.2, 0.25) is 0 Å². The molecule has 1 N–H and O–H groups in total. The van der Waals surface area contributed by atoms with E-state index in [0.29, 0.717) is 6.61 Å². The molecule has 0 unspecified atom stereocenters. The summed E-state index contributed by atoms with van der Waals surface area (Å²) < 4.78 is 26.4. The first kappa shape index (κ1) is 26.0. The minimum absolute atomic E-state index is 0.166. The first-order valence-corrected chi connectivity index (χ1v) is 13.2. The van der Waals surface area contributed by atoms with Crippen molar-refractivity contribution in [3.63, 3.8) is 0 Å². The van der Waals surface area contributed by atoms with Gasteiger partial charge in [0.1, 0.15) is 23.7 Å². The molecule has 8 nitrogen and oxygen atoms in total. The van der Waals surface area contributed by atoms with Crippen molar-refractivity contribution in [1.82, 2.24) is 9.55 Å². The van der Waals surface area contributed by atoms with Gasteiger partial charge in [-0.25, -0.2) is 4.79 Å². The molecule has 2 aliphatic heterocycles. The fourth-order valence-electron chi connectivity index (χ4n) is 5.81. The first-order valence-electron chi connectivity index (χ1n) is 13.2. The van der Waals surface area contributed by atoms with Crippen LogP contribution in [0.1, 0.15) is 22.9 Å². The quantitative estimate of drug-likeness (QED) is 0.269. The van der Waals surface area contributed by atoms with Gasteiger partial charge >= 0.3 is 5.69 Å². The maximum atomic E-state index is 12.7. The maximum absolute atomic E-state index is 12.7. The Morgan fingerprint density at radius 3 is 2.15 bits per heavy atom. The zero-order valence-electron chi connectivity index (χ0n) is 22.1. The largest absolute Gasteiger partial charge is 0.497 e. The van der Waals surface area contributed by atoms with Crippen LogP contribution >= 0.6 is 0 Å². The van der Waals surface area contributed by atoms with Gasteiger partial charge in [0.05, 0.1) is 32.3 Å². The number of nitrogens with one attached hydrogen (secondary N) is 1. The molecule has 0 bridgehead atoms. The van der Waals surface area contributed by atoms with Gasteiger partial charge in [-0.3, -0.25) is 14.3 Å². The van der Waals surface area contributed by atoms with Crippen LogP contribution in [-0.4, -0.2) is 42.1 Å². The van der Waals surface area contributed by atoms with E-state index in [1.165, 1.54) is 16.8 Å². The molecular weight excluding hydrogens is 508 g/mol. The number of benzene rings is 3. The van der Waals surface area contributed by atoms with E-state index in [-0.39, 0.29) is 18.6 Å². The topological polar surface area (TPSA) is 91.8 Å². The molecule has 4 atom stereocenters. The van der Waals surface area contributed by atoms with Crippen LogP contribution in [0.25, 0.3) is 0 Å². The molecule has 2 fully saturated rings. The molecule has 2 aliphatic rings. The highest BCUT2D eigenvalue weighted by atomic mass is 16.6. The van der Waals surface area contributed by atoms with E-state index in [4.69, 9.17) is 18.9 Å². The Morgan fingerprint density at radius 1 is 0.925 bits per heavy atom. The summed E-state index contributed by atoms with van der Waals surface area (Å²) in [5.41, 5.74) is 1.67. The van der Waals surface area contributed by atoms with Crippen molar-refractivity contribution in [2.24, 2.45) is 5.92 Å². The van der Waals surface area contributed by atoms with Gasteiger partial charge in [-0.1, -0.05) is 79.4 Å². The lowest BCUT2D eigenvalue weighted by atomic mass is 9.80. The summed E-state index contributed by atoms with van der Waals surface area (Å²) in [7, 11) is 1.64. The van der Waals surface area contributed by atoms with E-state index in [0.717, 1.165) is 28.0 Å². The fraction of sp³-hybridized carbons (Fsp3) is 0.250. The van der Waals surface area contributed by atoms with Crippen LogP contribution in [0.2, 0.25) is 0 Å². The molecule has 1 aromatic heterocycles. The van der Waals surface area contributed by atoms with Crippen LogP contribution in [0.5, 0.6) is 5.75 Å². The Labute approximate surface area is 231 Å². The zero-order valence-corrected chi connectivity index (χ0v) is 22.1. The smallest absolute Gasteiger partial charge is 0.330 e. The van der Waals surface area contributed by atoms with E-state index in [2.05, 4.69) is 11.6 Å². The predicted molar refractivity (Wildman–Crippen MR) is 149 cm³/mol. The normalized spacial score (nSPS) is 22.3. The molecule has 2 saturated heterocycles. The number of aromatic nitrogens is 2. The highest BCUT2D eigenvalue weighted by Gasteiger charge is 2.52. The highest BCUT2D eigenvalue weighted by Crippen LogP contribution is 2.46. The number of methoxy groups -OCH3 is 1. The first-order chi connectivity index (χ1) is 19.5. The van der Waals surface area contributed by atoms with E-state index in [1.54, 1.807) is 7.11 Å². The van der Waals surface area contributed by atoms with Crippen LogP contribution in [0.3, 0.4) is 0 Å². The summed E-state index contributed by atoms with van der Waals surface area (Å²) >= 11 is 0. The summed E-state index contributed by atoms with van der Waals surface area (Å²) in [6.07, 6.45) is -0.0933. The second-order valence-electron chi connectivity index (χ2n) is 9.99. The second-order valence-corrected chi connectivity index (χ2v) is 9.99. The summed E-state index contributed by atoms with van der Waals surface area (Å²) in [5.74, 6) is 0.480. The third-order valence-electron chi connectivity index (χ3n) is 7.72. The predicted octanol–water partition coefficient (Wildman–Crippen LogP) is 4.02. The third-order valence-corrected chi connectivity index (χ3v) is 7.72. The van der Waals surface area contributed by atoms with Crippen molar-refractivity contribution in [2.75, 3.05) is 20.3 Å². The standard InChI is InChI=1S/C32H30N2O6/c1-21-19-38-29-26(40-30(28(21)29)34-18-17-27(35)33-31(34)36)20-39-32(22-9-5-3-6-10-22,23-11-7-4-8-12-23)24-13-15-25(37-2)16-14-24/h3-18,26,28-30H,1,19-20H2,2H3,(H,33,35,36)/t26-,28-,29-,30-/m1/s1. The molecule has 4 aromatic rings. The Bertz CT molecular complexity index is 1560. The molecule has 204 valence electrons. The van der Waals surface area contributed by atoms with Crippen LogP contribution in [0.15, 0.2) is 119 Å². The molecule has 0 amide bonds. The average Bonchev–Trinajstić information content (AvgIpc) is 3.55. The average molecular weight is 539 g/mol. The van der Waals surface area contributed by atoms with Crippen molar-refractivity contribution in [3.05, 3.63) is 147 Å². The molecule has 0 aliphatic carbocycles. The van der Waals surface area contributed by atoms with E-state index >= 15 is 0 Å². The summed E-state index contributed by atoms with van der Waals surface area (Å²) in [5, 5.41) is 0. The molecule has 8 heteroatoms. The van der Waals surface area contributed by atoms with Gasteiger partial charge in [0.15, 0.2) is 0 Å². The summed E-state index contributed by atoms with van der Waals surface area (Å²) in [6.45, 7) is 4.71. The molecule has 3 aromatic carbocycles. The number of nitrogens with zero attached hydrogens (tertiary/aromatic N) is 1. The maximum Gasteiger partial charge on any atom is 0.330 e. The monoisotopic (exact) mass is 538 g/mol. The Morgan fingerprint density at radius 2 is 1.55 bits per heavy atom. The molecule has 40 heavy (non-hydrogen) atoms. The number of H-pyrrole nitrogens is 1. The lowest BCUT2D eigenvalue weighted by Gasteiger charge is -2.37. The van der Waals surface area contributed by atoms with Gasteiger partial charge < -0.3 is 18.9 Å². The molecule has 0 saturated carbocycles. The van der Waals surface area contributed by atoms with Crippen molar-refractivity contribution in [1.29, 1.82) is 0 Å². The van der Waals surface area contributed by atoms with Gasteiger partial charge in [-0.2, -0.15) is 0 Å². The van der Waals surface area contributed by atoms with Crippen molar-refractivity contribution < 1.29 is 18.9 Å². The van der Waals surface area contributed by atoms with Crippen LogP contribution in [0.4, 0.5) is 0 Å². The van der Waals surface area contributed by atoms with Crippen molar-refractivity contribution >= 4 is 0 Å². The number of hydrogen-bond donors (Lipinski definition) is 1. The van der Waals surface area contributed by atoms with Gasteiger partial charge in [-0.05, 0) is 34.4 Å². The SMILES string of the molecule is C=C1CO[C@H]2[C@@H]1[C@H](n1ccc(=O)[nH]c1=O)O[C@@H]2COC(c1ccccc1)(c1ccccc1)c1ccc(OC)cc1. The van der Waals surface area contributed by atoms with Crippen molar-refractivity contribution in [3.8, 4) is 5.75 Å². The molecule has 0 spiro atoms. The number of rotatable bonds is 8.